The minimum absolute atomic E-state index is 0. The molecular weight excluding hydrogens is 373 g/mol. The summed E-state index contributed by atoms with van der Waals surface area (Å²) in [5.74, 6) is -0.169. The van der Waals surface area contributed by atoms with Gasteiger partial charge in [-0.05, 0) is 66.8 Å². The molecule has 4 rings (SSSR count). The molecule has 3 nitrogen and oxygen atoms in total. The van der Waals surface area contributed by atoms with Crippen molar-refractivity contribution in [1.29, 1.82) is 0 Å². The molecule has 0 radical (unpaired) electrons. The van der Waals surface area contributed by atoms with Crippen LogP contribution in [-0.2, 0) is 6.54 Å². The number of aromatic amines is 1. The van der Waals surface area contributed by atoms with Crippen LogP contribution in [0, 0.1) is 18.2 Å². The van der Waals surface area contributed by atoms with E-state index in [0.717, 1.165) is 34.3 Å². The van der Waals surface area contributed by atoms with E-state index in [1.165, 1.54) is 25.7 Å². The molecule has 2 aromatic carbocycles. The molecule has 0 saturated heterocycles. The Labute approximate surface area is 172 Å². The molecule has 0 bridgehead atoms. The first-order valence-corrected chi connectivity index (χ1v) is 9.88. The monoisotopic (exact) mass is 401 g/mol. The van der Waals surface area contributed by atoms with E-state index >= 15 is 0 Å². The van der Waals surface area contributed by atoms with E-state index in [4.69, 9.17) is 0 Å². The first-order valence-electron chi connectivity index (χ1n) is 9.88. The van der Waals surface area contributed by atoms with Crippen molar-refractivity contribution in [2.24, 2.45) is 5.41 Å². The Balaban J connectivity index is 0.00000225. The van der Waals surface area contributed by atoms with Gasteiger partial charge in [-0.1, -0.05) is 32.0 Å². The number of benzene rings is 2. The van der Waals surface area contributed by atoms with Gasteiger partial charge < -0.3 is 10.3 Å². The molecule has 0 unspecified atom stereocenters. The predicted octanol–water partition coefficient (Wildman–Crippen LogP) is 6.16. The van der Waals surface area contributed by atoms with E-state index in [1.54, 1.807) is 12.4 Å². The molecular formula is C23H29ClFN3. The van der Waals surface area contributed by atoms with Gasteiger partial charge in [-0.15, -0.1) is 12.4 Å². The van der Waals surface area contributed by atoms with E-state index < -0.39 is 0 Å². The molecule has 1 saturated carbocycles. The molecule has 1 aliphatic rings. The quantitative estimate of drug-likeness (QED) is 0.549. The van der Waals surface area contributed by atoms with Gasteiger partial charge in [0.15, 0.2) is 0 Å². The number of aryl methyl sites for hydroxylation is 1. The van der Waals surface area contributed by atoms with E-state index in [0.29, 0.717) is 17.0 Å². The van der Waals surface area contributed by atoms with Crippen molar-refractivity contribution in [1.82, 2.24) is 15.3 Å². The first-order chi connectivity index (χ1) is 12.9. The summed E-state index contributed by atoms with van der Waals surface area (Å²) >= 11 is 0. The Hall–Kier alpha value is -1.91. The van der Waals surface area contributed by atoms with Crippen LogP contribution >= 0.6 is 12.4 Å². The SMILES string of the molecule is Cc1c(-c2ccc(CNC3CCC(C)(C)CC3)cc2F)ccc2[nH]cnc12.Cl. The minimum Gasteiger partial charge on any atom is -0.345 e. The maximum Gasteiger partial charge on any atom is 0.131 e. The maximum absolute atomic E-state index is 14.9. The van der Waals surface area contributed by atoms with Crippen LogP contribution in [0.2, 0.25) is 0 Å². The Morgan fingerprint density at radius 3 is 2.57 bits per heavy atom. The third-order valence-corrected chi connectivity index (χ3v) is 6.10. The molecule has 1 aliphatic carbocycles. The average Bonchev–Trinajstić information content (AvgIpc) is 3.12. The zero-order chi connectivity index (χ0) is 19.0. The Morgan fingerprint density at radius 1 is 1.14 bits per heavy atom. The number of imidazole rings is 1. The smallest absolute Gasteiger partial charge is 0.131 e. The largest absolute Gasteiger partial charge is 0.345 e. The maximum atomic E-state index is 14.9. The van der Waals surface area contributed by atoms with Gasteiger partial charge in [-0.3, -0.25) is 0 Å². The van der Waals surface area contributed by atoms with E-state index in [1.807, 2.05) is 31.2 Å². The lowest BCUT2D eigenvalue weighted by Gasteiger charge is -2.34. The van der Waals surface area contributed by atoms with Gasteiger partial charge in [-0.2, -0.15) is 0 Å². The lowest BCUT2D eigenvalue weighted by molar-refractivity contribution is 0.206. The number of hydrogen-bond donors (Lipinski definition) is 2. The molecule has 150 valence electrons. The van der Waals surface area contributed by atoms with Crippen LogP contribution < -0.4 is 5.32 Å². The summed E-state index contributed by atoms with van der Waals surface area (Å²) in [6.45, 7) is 7.41. The van der Waals surface area contributed by atoms with Crippen molar-refractivity contribution in [3.05, 3.63) is 53.6 Å². The van der Waals surface area contributed by atoms with Gasteiger partial charge in [0.2, 0.25) is 0 Å². The van der Waals surface area contributed by atoms with Crippen LogP contribution in [0.15, 0.2) is 36.7 Å². The molecule has 0 atom stereocenters. The number of rotatable bonds is 4. The zero-order valence-electron chi connectivity index (χ0n) is 16.8. The molecule has 0 amide bonds. The summed E-state index contributed by atoms with van der Waals surface area (Å²) in [6.07, 6.45) is 6.60. The number of hydrogen-bond acceptors (Lipinski definition) is 2. The summed E-state index contributed by atoms with van der Waals surface area (Å²) in [6, 6.07) is 10.1. The van der Waals surface area contributed by atoms with Crippen molar-refractivity contribution in [3.63, 3.8) is 0 Å². The van der Waals surface area contributed by atoms with Crippen LogP contribution in [0.4, 0.5) is 4.39 Å². The first kappa shape index (κ1) is 20.8. The average molecular weight is 402 g/mol. The normalized spacial score (nSPS) is 16.9. The van der Waals surface area contributed by atoms with Gasteiger partial charge in [-0.25, -0.2) is 9.37 Å². The summed E-state index contributed by atoms with van der Waals surface area (Å²) in [7, 11) is 0. The van der Waals surface area contributed by atoms with Crippen molar-refractivity contribution >= 4 is 23.4 Å². The second-order valence-electron chi connectivity index (χ2n) is 8.67. The van der Waals surface area contributed by atoms with Gasteiger partial charge in [0.05, 0.1) is 17.4 Å². The minimum atomic E-state index is -0.169. The number of nitrogens with zero attached hydrogens (tertiary/aromatic N) is 1. The topological polar surface area (TPSA) is 40.7 Å². The van der Waals surface area contributed by atoms with Crippen LogP contribution in [0.5, 0.6) is 0 Å². The van der Waals surface area contributed by atoms with Gasteiger partial charge in [0.25, 0.3) is 0 Å². The van der Waals surface area contributed by atoms with Crippen molar-refractivity contribution < 1.29 is 4.39 Å². The second kappa shape index (κ2) is 8.22. The highest BCUT2D eigenvalue weighted by atomic mass is 35.5. The molecule has 1 heterocycles. The second-order valence-corrected chi connectivity index (χ2v) is 8.67. The third kappa shape index (κ3) is 4.23. The molecule has 3 aromatic rings. The standard InChI is InChI=1S/C23H28FN3.ClH/c1-15-18(6-7-21-22(15)27-14-26-21)19-5-4-16(12-20(19)24)13-25-17-8-10-23(2,3)11-9-17;/h4-7,12,14,17,25H,8-11,13H2,1-3H3,(H,26,27);1H. The predicted molar refractivity (Wildman–Crippen MR) is 116 cm³/mol. The molecule has 0 spiro atoms. The number of fused-ring (bicyclic) bond motifs is 1. The highest BCUT2D eigenvalue weighted by Crippen LogP contribution is 2.35. The van der Waals surface area contributed by atoms with E-state index in [-0.39, 0.29) is 18.2 Å². The number of H-pyrrole nitrogens is 1. The highest BCUT2D eigenvalue weighted by molar-refractivity contribution is 5.86. The lowest BCUT2D eigenvalue weighted by atomic mass is 9.75. The van der Waals surface area contributed by atoms with Crippen molar-refractivity contribution in [2.75, 3.05) is 0 Å². The van der Waals surface area contributed by atoms with Gasteiger partial charge in [0, 0.05) is 18.2 Å². The van der Waals surface area contributed by atoms with Crippen LogP contribution in [0.3, 0.4) is 0 Å². The number of aromatic nitrogens is 2. The van der Waals surface area contributed by atoms with Crippen molar-refractivity contribution in [2.45, 2.75) is 59.0 Å². The Morgan fingerprint density at radius 2 is 1.86 bits per heavy atom. The summed E-state index contributed by atoms with van der Waals surface area (Å²) in [4.78, 5) is 7.46. The molecule has 28 heavy (non-hydrogen) atoms. The van der Waals surface area contributed by atoms with Crippen LogP contribution in [0.25, 0.3) is 22.2 Å². The van der Waals surface area contributed by atoms with Gasteiger partial charge in [0.1, 0.15) is 5.82 Å². The van der Waals surface area contributed by atoms with E-state index in [2.05, 4.69) is 29.1 Å². The summed E-state index contributed by atoms with van der Waals surface area (Å²) in [5.41, 5.74) is 5.90. The zero-order valence-corrected chi connectivity index (χ0v) is 17.6. The van der Waals surface area contributed by atoms with Crippen molar-refractivity contribution in [3.8, 4) is 11.1 Å². The molecule has 0 aliphatic heterocycles. The molecule has 5 heteroatoms. The fraction of sp³-hybridized carbons (Fsp3) is 0.435. The van der Waals surface area contributed by atoms with E-state index in [9.17, 15) is 4.39 Å². The fourth-order valence-corrected chi connectivity index (χ4v) is 4.19. The number of nitrogens with one attached hydrogen (secondary N) is 2. The molecule has 1 aromatic heterocycles. The van der Waals surface area contributed by atoms with Gasteiger partial charge >= 0.3 is 0 Å². The summed E-state index contributed by atoms with van der Waals surface area (Å²) in [5, 5.41) is 3.61. The van der Waals surface area contributed by atoms with Crippen LogP contribution in [-0.4, -0.2) is 16.0 Å². The Kier molecular flexibility index (Phi) is 6.11. The molecule has 2 N–H and O–H groups in total. The fourth-order valence-electron chi connectivity index (χ4n) is 4.19. The Bertz CT molecular complexity index is 954. The summed E-state index contributed by atoms with van der Waals surface area (Å²) < 4.78 is 14.9. The third-order valence-electron chi connectivity index (χ3n) is 6.10. The molecule has 1 fully saturated rings. The highest BCUT2D eigenvalue weighted by Gasteiger charge is 2.26. The van der Waals surface area contributed by atoms with Crippen LogP contribution in [0.1, 0.15) is 50.7 Å². The lowest BCUT2D eigenvalue weighted by Crippen LogP contribution is -2.35. The number of halogens is 2.